The van der Waals surface area contributed by atoms with Crippen molar-refractivity contribution in [1.82, 2.24) is 9.21 Å². The normalized spacial score (nSPS) is 27.1. The van der Waals surface area contributed by atoms with Gasteiger partial charge in [0.1, 0.15) is 0 Å². The van der Waals surface area contributed by atoms with E-state index in [1.54, 1.807) is 10.4 Å². The topological polar surface area (TPSA) is 62.1 Å². The van der Waals surface area contributed by atoms with E-state index in [4.69, 9.17) is 0 Å². The third-order valence-electron chi connectivity index (χ3n) is 7.24. The second-order valence-electron chi connectivity index (χ2n) is 9.76. The zero-order valence-corrected chi connectivity index (χ0v) is 19.4. The van der Waals surface area contributed by atoms with Gasteiger partial charge in [0.2, 0.25) is 10.0 Å². The quantitative estimate of drug-likeness (QED) is 0.768. The number of piperidine rings is 1. The van der Waals surface area contributed by atoms with E-state index in [0.29, 0.717) is 42.9 Å². The lowest BCUT2D eigenvalue weighted by Crippen LogP contribution is -3.19. The van der Waals surface area contributed by atoms with Crippen LogP contribution in [-0.2, 0) is 27.7 Å². The van der Waals surface area contributed by atoms with Crippen LogP contribution in [0, 0.1) is 11.8 Å². The van der Waals surface area contributed by atoms with Gasteiger partial charge in [-0.1, -0.05) is 19.9 Å². The van der Waals surface area contributed by atoms with Crippen molar-refractivity contribution in [3.63, 3.8) is 0 Å². The average molecular weight is 435 g/mol. The summed E-state index contributed by atoms with van der Waals surface area (Å²) in [7, 11) is -3.46. The number of quaternary nitrogens is 1. The average Bonchev–Trinajstić information content (AvgIpc) is 3.20. The third-order valence-corrected chi connectivity index (χ3v) is 9.13. The van der Waals surface area contributed by atoms with Crippen LogP contribution in [-0.4, -0.2) is 68.8 Å². The molecule has 0 unspecified atom stereocenters. The Kier molecular flexibility index (Phi) is 6.24. The monoisotopic (exact) mass is 434 g/mol. The molecule has 2 heterocycles. The van der Waals surface area contributed by atoms with Crippen LogP contribution in [0.5, 0.6) is 0 Å². The van der Waals surface area contributed by atoms with Gasteiger partial charge in [0, 0.05) is 13.1 Å². The predicted molar refractivity (Wildman–Crippen MR) is 117 cm³/mol. The fourth-order valence-corrected chi connectivity index (χ4v) is 7.09. The number of rotatable bonds is 4. The lowest BCUT2D eigenvalue weighted by atomic mass is 9.91. The van der Waals surface area contributed by atoms with Gasteiger partial charge >= 0.3 is 0 Å². The number of amides is 1. The number of hydrogen-bond donors (Lipinski definition) is 1. The molecule has 1 amide bonds. The summed E-state index contributed by atoms with van der Waals surface area (Å²) in [6.07, 6.45) is 4.33. The summed E-state index contributed by atoms with van der Waals surface area (Å²) in [4.78, 5) is 16.7. The number of aryl methyl sites for hydroxylation is 2. The highest BCUT2D eigenvalue weighted by Crippen LogP contribution is 2.26. The molecular formula is C23H36N3O3S+. The Morgan fingerprint density at radius 1 is 1.07 bits per heavy atom. The number of carbonyl (C=O) groups is 1. The van der Waals surface area contributed by atoms with Gasteiger partial charge in [0.05, 0.1) is 31.1 Å². The van der Waals surface area contributed by atoms with Crippen molar-refractivity contribution in [2.24, 2.45) is 11.8 Å². The molecule has 3 atom stereocenters. The third kappa shape index (κ3) is 4.30. The second-order valence-corrected chi connectivity index (χ2v) is 11.7. The number of piperazine rings is 1. The largest absolute Gasteiger partial charge is 0.337 e. The highest BCUT2D eigenvalue weighted by molar-refractivity contribution is 7.89. The fraction of sp³-hybridized carbons (Fsp3) is 0.696. The van der Waals surface area contributed by atoms with Crippen LogP contribution in [0.1, 0.15) is 44.7 Å². The molecule has 30 heavy (non-hydrogen) atoms. The predicted octanol–water partition coefficient (Wildman–Crippen LogP) is 0.958. The Hall–Kier alpha value is -1.44. The van der Waals surface area contributed by atoms with Crippen molar-refractivity contribution in [2.45, 2.75) is 57.4 Å². The van der Waals surface area contributed by atoms with Crippen LogP contribution in [0.25, 0.3) is 0 Å². The van der Waals surface area contributed by atoms with Crippen molar-refractivity contribution in [3.8, 4) is 0 Å². The molecule has 2 saturated heterocycles. The molecule has 0 saturated carbocycles. The fourth-order valence-electron chi connectivity index (χ4n) is 5.60. The molecule has 2 aliphatic heterocycles. The lowest BCUT2D eigenvalue weighted by molar-refractivity contribution is -0.918. The van der Waals surface area contributed by atoms with E-state index in [1.807, 2.05) is 24.0 Å². The molecule has 0 bridgehead atoms. The minimum absolute atomic E-state index is 0.118. The molecule has 166 valence electrons. The number of benzene rings is 1. The van der Waals surface area contributed by atoms with E-state index in [1.165, 1.54) is 22.4 Å². The minimum atomic E-state index is -3.46. The van der Waals surface area contributed by atoms with Gasteiger partial charge in [0.15, 0.2) is 6.04 Å². The molecule has 1 aliphatic carbocycles. The van der Waals surface area contributed by atoms with Gasteiger partial charge < -0.3 is 9.80 Å². The molecule has 0 spiro atoms. The van der Waals surface area contributed by atoms with E-state index in [9.17, 15) is 13.2 Å². The molecule has 3 aliphatic rings. The molecule has 1 N–H and O–H groups in total. The van der Waals surface area contributed by atoms with Gasteiger partial charge in [-0.25, -0.2) is 8.42 Å². The van der Waals surface area contributed by atoms with E-state index in [-0.39, 0.29) is 11.9 Å². The summed E-state index contributed by atoms with van der Waals surface area (Å²) in [5, 5.41) is 0. The first-order valence-corrected chi connectivity index (χ1v) is 12.9. The Balaban J connectivity index is 1.38. The highest BCUT2D eigenvalue weighted by Gasteiger charge is 2.37. The first kappa shape index (κ1) is 21.8. The van der Waals surface area contributed by atoms with Gasteiger partial charge in [-0.15, -0.1) is 0 Å². The summed E-state index contributed by atoms with van der Waals surface area (Å²) < 4.78 is 27.9. The number of likely N-dealkylation sites (tertiary alicyclic amines) is 1. The smallest absolute Gasteiger partial charge is 0.280 e. The van der Waals surface area contributed by atoms with Gasteiger partial charge in [-0.05, 0) is 67.7 Å². The van der Waals surface area contributed by atoms with Crippen molar-refractivity contribution in [3.05, 3.63) is 29.3 Å². The van der Waals surface area contributed by atoms with Crippen LogP contribution in [0.15, 0.2) is 23.1 Å². The van der Waals surface area contributed by atoms with Crippen molar-refractivity contribution >= 4 is 15.9 Å². The van der Waals surface area contributed by atoms with Gasteiger partial charge in [0.25, 0.3) is 5.91 Å². The molecule has 0 radical (unpaired) electrons. The molecule has 0 aromatic heterocycles. The molecular weight excluding hydrogens is 398 g/mol. The zero-order chi connectivity index (χ0) is 21.5. The first-order chi connectivity index (χ1) is 14.3. The number of carbonyl (C=O) groups excluding carboxylic acids is 1. The van der Waals surface area contributed by atoms with Crippen molar-refractivity contribution in [1.29, 1.82) is 0 Å². The number of hydrogen-bond acceptors (Lipinski definition) is 3. The SMILES string of the molecule is C[C@@H]1C[C@H](C)CN(C(=O)[C@@H](C)[NH+]2CCN(S(=O)(=O)c3ccc4c(c3)CCC4)CC2)C1. The van der Waals surface area contributed by atoms with Crippen LogP contribution < -0.4 is 4.90 Å². The Morgan fingerprint density at radius 2 is 1.70 bits per heavy atom. The number of fused-ring (bicyclic) bond motifs is 1. The van der Waals surface area contributed by atoms with Crippen molar-refractivity contribution < 1.29 is 18.1 Å². The minimum Gasteiger partial charge on any atom is -0.337 e. The second kappa shape index (κ2) is 8.60. The van der Waals surface area contributed by atoms with Crippen LogP contribution >= 0.6 is 0 Å². The number of nitrogens with zero attached hydrogens (tertiary/aromatic N) is 2. The summed E-state index contributed by atoms with van der Waals surface area (Å²) in [6.45, 7) is 10.4. The summed E-state index contributed by atoms with van der Waals surface area (Å²) in [5.41, 5.74) is 2.47. The first-order valence-electron chi connectivity index (χ1n) is 11.5. The van der Waals surface area contributed by atoms with Crippen molar-refractivity contribution in [2.75, 3.05) is 39.3 Å². The standard InChI is InChI=1S/C23H35N3O3S/c1-17-13-18(2)16-25(15-17)23(27)19(3)24-9-11-26(12-10-24)30(28,29)22-8-7-20-5-4-6-21(20)14-22/h7-8,14,17-19H,4-6,9-13,15-16H2,1-3H3/p+1/t17-,18+,19-/m1/s1. The summed E-state index contributed by atoms with van der Waals surface area (Å²) in [5.74, 6) is 1.32. The summed E-state index contributed by atoms with van der Waals surface area (Å²) in [6, 6.07) is 5.51. The Morgan fingerprint density at radius 3 is 2.37 bits per heavy atom. The Bertz CT molecular complexity index is 883. The summed E-state index contributed by atoms with van der Waals surface area (Å²) >= 11 is 0. The molecule has 2 fully saturated rings. The van der Waals surface area contributed by atoms with E-state index < -0.39 is 10.0 Å². The highest BCUT2D eigenvalue weighted by atomic mass is 32.2. The van der Waals surface area contributed by atoms with Gasteiger partial charge in [-0.2, -0.15) is 4.31 Å². The van der Waals surface area contributed by atoms with E-state index in [2.05, 4.69) is 13.8 Å². The maximum absolute atomic E-state index is 13.2. The molecule has 1 aromatic carbocycles. The Labute approximate surface area is 181 Å². The van der Waals surface area contributed by atoms with Crippen LogP contribution in [0.4, 0.5) is 0 Å². The number of sulfonamides is 1. The van der Waals surface area contributed by atoms with Gasteiger partial charge in [-0.3, -0.25) is 4.79 Å². The van der Waals surface area contributed by atoms with E-state index in [0.717, 1.165) is 32.4 Å². The maximum Gasteiger partial charge on any atom is 0.280 e. The molecule has 4 rings (SSSR count). The maximum atomic E-state index is 13.2. The van der Waals surface area contributed by atoms with Crippen LogP contribution in [0.2, 0.25) is 0 Å². The number of nitrogens with one attached hydrogen (secondary N) is 1. The lowest BCUT2D eigenvalue weighted by Gasteiger charge is -2.39. The van der Waals surface area contributed by atoms with E-state index >= 15 is 0 Å². The van der Waals surface area contributed by atoms with Crippen LogP contribution in [0.3, 0.4) is 0 Å². The molecule has 7 heteroatoms. The molecule has 6 nitrogen and oxygen atoms in total. The molecule has 1 aromatic rings. The zero-order valence-electron chi connectivity index (χ0n) is 18.6.